The van der Waals surface area contributed by atoms with Crippen molar-refractivity contribution in [2.24, 2.45) is 5.92 Å². The molecule has 1 aromatic carbocycles. The van der Waals surface area contributed by atoms with E-state index in [0.29, 0.717) is 0 Å². The molecule has 0 radical (unpaired) electrons. The van der Waals surface area contributed by atoms with Gasteiger partial charge in [-0.2, -0.15) is 16.8 Å². The number of benzene rings is 1. The number of aliphatic hydroxyl groups excluding tert-OH is 1. The van der Waals surface area contributed by atoms with Crippen LogP contribution in [-0.2, 0) is 44.7 Å². The van der Waals surface area contributed by atoms with Crippen LogP contribution in [0.1, 0.15) is 12.5 Å². The van der Waals surface area contributed by atoms with Crippen molar-refractivity contribution in [3.8, 4) is 0 Å². The van der Waals surface area contributed by atoms with Crippen LogP contribution in [0, 0.1) is 5.92 Å². The molecule has 2 rings (SSSR count). The Morgan fingerprint density at radius 1 is 1.03 bits per heavy atom. The van der Waals surface area contributed by atoms with Crippen LogP contribution >= 0.6 is 0 Å². The van der Waals surface area contributed by atoms with Crippen LogP contribution in [0.3, 0.4) is 0 Å². The third-order valence-electron chi connectivity index (χ3n) is 4.49. The zero-order chi connectivity index (χ0) is 21.9. The number of hydrogen-bond donors (Lipinski definition) is 2. The molecule has 10 nitrogen and oxygen atoms in total. The Bertz CT molecular complexity index is 844. The Morgan fingerprint density at radius 2 is 1.55 bits per heavy atom. The summed E-state index contributed by atoms with van der Waals surface area (Å²) in [7, 11) is -7.88. The average Bonchev–Trinajstić information content (AvgIpc) is 2.82. The van der Waals surface area contributed by atoms with E-state index in [9.17, 15) is 27.0 Å². The lowest BCUT2D eigenvalue weighted by molar-refractivity contribution is -0.242. The molecule has 1 saturated heterocycles. The van der Waals surface area contributed by atoms with E-state index in [-0.39, 0.29) is 6.61 Å². The normalized spacial score (nSPS) is 27.2. The third kappa shape index (κ3) is 6.69. The Kier molecular flexibility index (Phi) is 7.44. The molecule has 1 aliphatic heterocycles. The van der Waals surface area contributed by atoms with Gasteiger partial charge < -0.3 is 19.7 Å². The standard InChI is InChI=1S/C17H26O10S2/c1-16(19)14(9-18)15(24-10-13-7-5-4-6-8-13)17(27-16,11-25-28(2,20)21)12-26-29(3,22)23/h4-8,14-15,18-19H,9-12H2,1-3H3/t14-,15-,16-/m0/s1. The van der Waals surface area contributed by atoms with Gasteiger partial charge in [0.2, 0.25) is 0 Å². The lowest BCUT2D eigenvalue weighted by Gasteiger charge is -2.33. The summed E-state index contributed by atoms with van der Waals surface area (Å²) in [6.07, 6.45) is 0.481. The Labute approximate surface area is 170 Å². The van der Waals surface area contributed by atoms with E-state index in [2.05, 4.69) is 0 Å². The smallest absolute Gasteiger partial charge is 0.264 e. The summed E-state index contributed by atoms with van der Waals surface area (Å²) in [5.41, 5.74) is -1.06. The van der Waals surface area contributed by atoms with Crippen molar-refractivity contribution >= 4 is 20.2 Å². The molecule has 0 aliphatic carbocycles. The first kappa shape index (κ1) is 24.2. The highest BCUT2D eigenvalue weighted by Crippen LogP contribution is 2.44. The van der Waals surface area contributed by atoms with Gasteiger partial charge >= 0.3 is 0 Å². The minimum absolute atomic E-state index is 0.0287. The highest BCUT2D eigenvalue weighted by molar-refractivity contribution is 7.86. The quantitative estimate of drug-likeness (QED) is 0.448. The number of aliphatic hydroxyl groups is 2. The van der Waals surface area contributed by atoms with E-state index in [4.69, 9.17) is 17.8 Å². The van der Waals surface area contributed by atoms with Gasteiger partial charge in [-0.25, -0.2) is 0 Å². The highest BCUT2D eigenvalue weighted by Gasteiger charge is 2.62. The number of rotatable bonds is 10. The first-order valence-corrected chi connectivity index (χ1v) is 12.3. The molecule has 0 aromatic heterocycles. The molecule has 0 spiro atoms. The fourth-order valence-electron chi connectivity index (χ4n) is 3.16. The van der Waals surface area contributed by atoms with Crippen molar-refractivity contribution in [2.45, 2.75) is 31.0 Å². The van der Waals surface area contributed by atoms with Gasteiger partial charge in [-0.3, -0.25) is 8.37 Å². The molecule has 1 heterocycles. The zero-order valence-corrected chi connectivity index (χ0v) is 18.0. The maximum Gasteiger partial charge on any atom is 0.264 e. The van der Waals surface area contributed by atoms with Crippen LogP contribution in [0.15, 0.2) is 30.3 Å². The second-order valence-corrected chi connectivity index (χ2v) is 10.4. The summed E-state index contributed by atoms with van der Waals surface area (Å²) >= 11 is 0. The lowest BCUT2D eigenvalue weighted by atomic mass is 9.88. The van der Waals surface area contributed by atoms with E-state index in [1.807, 2.05) is 6.07 Å². The first-order chi connectivity index (χ1) is 13.3. The molecule has 12 heteroatoms. The van der Waals surface area contributed by atoms with Crippen LogP contribution in [0.5, 0.6) is 0 Å². The molecular formula is C17H26O10S2. The minimum Gasteiger partial charge on any atom is -0.396 e. The number of ether oxygens (including phenoxy) is 2. The van der Waals surface area contributed by atoms with Crippen LogP contribution in [0.4, 0.5) is 0 Å². The molecule has 2 N–H and O–H groups in total. The summed E-state index contributed by atoms with van der Waals surface area (Å²) in [6.45, 7) is -0.663. The molecule has 0 unspecified atom stereocenters. The average molecular weight is 455 g/mol. The first-order valence-electron chi connectivity index (χ1n) is 8.66. The maximum atomic E-state index is 11.5. The molecular weight excluding hydrogens is 428 g/mol. The monoisotopic (exact) mass is 454 g/mol. The van der Waals surface area contributed by atoms with Crippen LogP contribution in [-0.4, -0.2) is 76.9 Å². The van der Waals surface area contributed by atoms with Gasteiger partial charge in [0.05, 0.1) is 31.6 Å². The summed E-state index contributed by atoms with van der Waals surface area (Å²) < 4.78 is 67.4. The lowest BCUT2D eigenvalue weighted by Crippen LogP contribution is -2.52. The number of hydrogen-bond acceptors (Lipinski definition) is 10. The van der Waals surface area contributed by atoms with Crippen LogP contribution in [0.25, 0.3) is 0 Å². The molecule has 1 fully saturated rings. The topological polar surface area (TPSA) is 146 Å². The maximum absolute atomic E-state index is 11.5. The fourth-order valence-corrected chi connectivity index (χ4v) is 3.99. The van der Waals surface area contributed by atoms with Crippen molar-refractivity contribution < 1.29 is 44.9 Å². The van der Waals surface area contributed by atoms with Crippen molar-refractivity contribution in [3.05, 3.63) is 35.9 Å². The van der Waals surface area contributed by atoms with E-state index in [0.717, 1.165) is 18.1 Å². The second-order valence-electron chi connectivity index (χ2n) is 7.16. The summed E-state index contributed by atoms with van der Waals surface area (Å²) in [4.78, 5) is 0. The zero-order valence-electron chi connectivity index (χ0n) is 16.3. The Morgan fingerprint density at radius 3 is 2.00 bits per heavy atom. The van der Waals surface area contributed by atoms with Gasteiger partial charge in [-0.1, -0.05) is 30.3 Å². The second kappa shape index (κ2) is 8.94. The van der Waals surface area contributed by atoms with Crippen LogP contribution < -0.4 is 0 Å². The molecule has 0 amide bonds. The van der Waals surface area contributed by atoms with E-state index >= 15 is 0 Å². The van der Waals surface area contributed by atoms with Crippen molar-refractivity contribution in [2.75, 3.05) is 32.3 Å². The largest absolute Gasteiger partial charge is 0.396 e. The summed E-state index contributed by atoms with van der Waals surface area (Å²) in [6, 6.07) is 8.95. The summed E-state index contributed by atoms with van der Waals surface area (Å²) in [5, 5.41) is 20.5. The van der Waals surface area contributed by atoms with Crippen molar-refractivity contribution in [3.63, 3.8) is 0 Å². The van der Waals surface area contributed by atoms with Gasteiger partial charge in [-0.05, 0) is 12.5 Å². The van der Waals surface area contributed by atoms with Gasteiger partial charge in [0, 0.05) is 0 Å². The molecule has 166 valence electrons. The molecule has 0 saturated carbocycles. The van der Waals surface area contributed by atoms with E-state index < -0.39 is 63.5 Å². The molecule has 1 aromatic rings. The Hall–Kier alpha value is -1.12. The van der Waals surface area contributed by atoms with Crippen molar-refractivity contribution in [1.29, 1.82) is 0 Å². The van der Waals surface area contributed by atoms with Crippen LogP contribution in [0.2, 0.25) is 0 Å². The van der Waals surface area contributed by atoms with Gasteiger partial charge in [0.15, 0.2) is 5.79 Å². The molecule has 3 atom stereocenters. The fraction of sp³-hybridized carbons (Fsp3) is 0.647. The van der Waals surface area contributed by atoms with Gasteiger partial charge in [-0.15, -0.1) is 0 Å². The predicted molar refractivity (Wildman–Crippen MR) is 102 cm³/mol. The summed E-state index contributed by atoms with van der Waals surface area (Å²) in [5.74, 6) is -2.99. The molecule has 0 bridgehead atoms. The predicted octanol–water partition coefficient (Wildman–Crippen LogP) is -0.390. The van der Waals surface area contributed by atoms with Gasteiger partial charge in [0.1, 0.15) is 24.9 Å². The van der Waals surface area contributed by atoms with E-state index in [1.54, 1.807) is 24.3 Å². The van der Waals surface area contributed by atoms with E-state index in [1.165, 1.54) is 6.92 Å². The third-order valence-corrected chi connectivity index (χ3v) is 5.58. The van der Waals surface area contributed by atoms with Gasteiger partial charge in [0.25, 0.3) is 20.2 Å². The highest BCUT2D eigenvalue weighted by atomic mass is 32.2. The SMILES string of the molecule is C[C@]1(O)OC(COS(C)(=O)=O)(COS(C)(=O)=O)[C@@H](OCc2ccccc2)[C@@H]1CO. The minimum atomic E-state index is -3.94. The molecule has 29 heavy (non-hydrogen) atoms. The Balaban J connectivity index is 2.39. The van der Waals surface area contributed by atoms with Crippen molar-refractivity contribution in [1.82, 2.24) is 0 Å². The molecule has 1 aliphatic rings.